The predicted molar refractivity (Wildman–Crippen MR) is 61.2 cm³/mol. The van der Waals surface area contributed by atoms with Crippen molar-refractivity contribution in [2.45, 2.75) is 26.8 Å². The molecule has 0 aliphatic heterocycles. The zero-order valence-corrected chi connectivity index (χ0v) is 10.2. The van der Waals surface area contributed by atoms with E-state index in [0.29, 0.717) is 6.61 Å². The Morgan fingerprint density at radius 2 is 2.06 bits per heavy atom. The molecule has 0 aromatic rings. The number of oxime groups is 1. The summed E-state index contributed by atoms with van der Waals surface area (Å²) in [7, 11) is 1.58. The van der Waals surface area contributed by atoms with E-state index in [-0.39, 0.29) is 23.7 Å². The standard InChI is InChI=1S/C10H21N3O3/c1-6(2)8(5-16-4)12-10(14)7(3)9(11)13-15/h6-8,15H,5H2,1-4H3,(H2,11,13)(H,12,14). The number of nitrogens with zero attached hydrogens (tertiary/aromatic N) is 1. The Labute approximate surface area is 95.8 Å². The maximum Gasteiger partial charge on any atom is 0.230 e. The van der Waals surface area contributed by atoms with E-state index in [1.54, 1.807) is 14.0 Å². The van der Waals surface area contributed by atoms with Crippen molar-refractivity contribution in [3.8, 4) is 0 Å². The lowest BCUT2D eigenvalue weighted by Gasteiger charge is -2.23. The third kappa shape index (κ3) is 4.48. The van der Waals surface area contributed by atoms with Crippen LogP contribution in [0, 0.1) is 11.8 Å². The number of hydrogen-bond acceptors (Lipinski definition) is 4. The van der Waals surface area contributed by atoms with Gasteiger partial charge in [-0.2, -0.15) is 0 Å². The van der Waals surface area contributed by atoms with Crippen LogP contribution in [0.3, 0.4) is 0 Å². The second-order valence-corrected chi connectivity index (χ2v) is 4.06. The van der Waals surface area contributed by atoms with Crippen LogP contribution in [0.5, 0.6) is 0 Å². The Morgan fingerprint density at radius 3 is 2.44 bits per heavy atom. The molecular formula is C10H21N3O3. The Hall–Kier alpha value is -1.30. The molecule has 0 aliphatic carbocycles. The summed E-state index contributed by atoms with van der Waals surface area (Å²) in [5.74, 6) is -0.769. The first-order valence-electron chi connectivity index (χ1n) is 5.20. The first kappa shape index (κ1) is 14.7. The third-order valence-electron chi connectivity index (χ3n) is 2.43. The van der Waals surface area contributed by atoms with E-state index in [0.717, 1.165) is 0 Å². The maximum atomic E-state index is 11.7. The average Bonchev–Trinajstić information content (AvgIpc) is 2.25. The van der Waals surface area contributed by atoms with Crippen LogP contribution in [0.2, 0.25) is 0 Å². The van der Waals surface area contributed by atoms with Crippen molar-refractivity contribution in [3.05, 3.63) is 0 Å². The second kappa shape index (κ2) is 7.05. The summed E-state index contributed by atoms with van der Waals surface area (Å²) in [6.07, 6.45) is 0. The lowest BCUT2D eigenvalue weighted by molar-refractivity contribution is -0.124. The summed E-state index contributed by atoms with van der Waals surface area (Å²) in [6.45, 7) is 5.98. The molecule has 2 atom stereocenters. The topological polar surface area (TPSA) is 96.9 Å². The van der Waals surface area contributed by atoms with E-state index in [9.17, 15) is 4.79 Å². The number of amidine groups is 1. The molecule has 4 N–H and O–H groups in total. The van der Waals surface area contributed by atoms with Crippen molar-refractivity contribution in [1.82, 2.24) is 5.32 Å². The van der Waals surface area contributed by atoms with Gasteiger partial charge in [-0.15, -0.1) is 0 Å². The molecular weight excluding hydrogens is 210 g/mol. The summed E-state index contributed by atoms with van der Waals surface area (Å²) in [5, 5.41) is 14.1. The molecule has 0 heterocycles. The van der Waals surface area contributed by atoms with E-state index in [2.05, 4.69) is 10.5 Å². The number of nitrogens with one attached hydrogen (secondary N) is 1. The highest BCUT2D eigenvalue weighted by Crippen LogP contribution is 2.04. The van der Waals surface area contributed by atoms with Crippen LogP contribution in [-0.2, 0) is 9.53 Å². The van der Waals surface area contributed by atoms with Gasteiger partial charge in [0.15, 0.2) is 5.84 Å². The van der Waals surface area contributed by atoms with Gasteiger partial charge in [0.2, 0.25) is 5.91 Å². The first-order chi connectivity index (χ1) is 7.43. The summed E-state index contributed by atoms with van der Waals surface area (Å²) in [5.41, 5.74) is 5.35. The van der Waals surface area contributed by atoms with E-state index >= 15 is 0 Å². The van der Waals surface area contributed by atoms with Gasteiger partial charge in [0.05, 0.1) is 18.6 Å². The van der Waals surface area contributed by atoms with E-state index in [4.69, 9.17) is 15.7 Å². The van der Waals surface area contributed by atoms with Gasteiger partial charge in [0, 0.05) is 7.11 Å². The SMILES string of the molecule is COCC(NC(=O)C(C)C(N)=NO)C(C)C. The Balaban J connectivity index is 4.40. The van der Waals surface area contributed by atoms with Crippen molar-refractivity contribution < 1.29 is 14.7 Å². The fourth-order valence-electron chi connectivity index (χ4n) is 1.11. The number of nitrogens with two attached hydrogens (primary N) is 1. The molecule has 0 saturated heterocycles. The summed E-state index contributed by atoms with van der Waals surface area (Å²) < 4.78 is 5.01. The minimum absolute atomic E-state index is 0.0774. The summed E-state index contributed by atoms with van der Waals surface area (Å²) in [6, 6.07) is -0.0774. The number of rotatable bonds is 6. The zero-order chi connectivity index (χ0) is 12.7. The maximum absolute atomic E-state index is 11.7. The van der Waals surface area contributed by atoms with E-state index in [1.165, 1.54) is 0 Å². The van der Waals surface area contributed by atoms with Crippen molar-refractivity contribution >= 4 is 11.7 Å². The van der Waals surface area contributed by atoms with Crippen LogP contribution in [0.15, 0.2) is 5.16 Å². The molecule has 0 fully saturated rings. The highest BCUT2D eigenvalue weighted by atomic mass is 16.5. The fraction of sp³-hybridized carbons (Fsp3) is 0.800. The molecule has 1 amide bonds. The number of carbonyl (C=O) groups is 1. The van der Waals surface area contributed by atoms with E-state index < -0.39 is 5.92 Å². The smallest absolute Gasteiger partial charge is 0.230 e. The van der Waals surface area contributed by atoms with Crippen molar-refractivity contribution in [1.29, 1.82) is 0 Å². The van der Waals surface area contributed by atoms with Gasteiger partial charge < -0.3 is 21.0 Å². The number of amides is 1. The normalized spacial score (nSPS) is 15.9. The van der Waals surface area contributed by atoms with Crippen molar-refractivity contribution in [2.24, 2.45) is 22.7 Å². The van der Waals surface area contributed by atoms with Gasteiger partial charge in [0.1, 0.15) is 0 Å². The molecule has 0 bridgehead atoms. The van der Waals surface area contributed by atoms with Gasteiger partial charge in [-0.1, -0.05) is 19.0 Å². The Kier molecular flexibility index (Phi) is 6.48. The van der Waals surface area contributed by atoms with Crippen LogP contribution < -0.4 is 11.1 Å². The summed E-state index contributed by atoms with van der Waals surface area (Å²) in [4.78, 5) is 11.7. The van der Waals surface area contributed by atoms with Crippen molar-refractivity contribution in [3.63, 3.8) is 0 Å². The third-order valence-corrected chi connectivity index (χ3v) is 2.43. The van der Waals surface area contributed by atoms with Gasteiger partial charge in [-0.05, 0) is 12.8 Å². The molecule has 6 nitrogen and oxygen atoms in total. The highest BCUT2D eigenvalue weighted by Gasteiger charge is 2.22. The molecule has 94 valence electrons. The van der Waals surface area contributed by atoms with Gasteiger partial charge in [0.25, 0.3) is 0 Å². The number of methoxy groups -OCH3 is 1. The van der Waals surface area contributed by atoms with Crippen LogP contribution in [0.1, 0.15) is 20.8 Å². The summed E-state index contributed by atoms with van der Waals surface area (Å²) >= 11 is 0. The van der Waals surface area contributed by atoms with Crippen LogP contribution in [0.4, 0.5) is 0 Å². The molecule has 0 rings (SSSR count). The minimum atomic E-state index is -0.650. The average molecular weight is 231 g/mol. The molecule has 2 unspecified atom stereocenters. The monoisotopic (exact) mass is 231 g/mol. The van der Waals surface area contributed by atoms with Gasteiger partial charge in [-0.25, -0.2) is 0 Å². The van der Waals surface area contributed by atoms with Gasteiger partial charge >= 0.3 is 0 Å². The molecule has 0 aromatic heterocycles. The zero-order valence-electron chi connectivity index (χ0n) is 10.2. The molecule has 6 heteroatoms. The Bertz CT molecular complexity index is 254. The van der Waals surface area contributed by atoms with Crippen LogP contribution in [-0.4, -0.2) is 36.7 Å². The lowest BCUT2D eigenvalue weighted by atomic mass is 10.0. The quantitative estimate of drug-likeness (QED) is 0.262. The molecule has 0 radical (unpaired) electrons. The lowest BCUT2D eigenvalue weighted by Crippen LogP contribution is -2.46. The largest absolute Gasteiger partial charge is 0.409 e. The number of carbonyl (C=O) groups excluding carboxylic acids is 1. The first-order valence-corrected chi connectivity index (χ1v) is 5.20. The van der Waals surface area contributed by atoms with Crippen LogP contribution >= 0.6 is 0 Å². The molecule has 16 heavy (non-hydrogen) atoms. The van der Waals surface area contributed by atoms with E-state index in [1.807, 2.05) is 13.8 Å². The molecule has 0 aromatic carbocycles. The predicted octanol–water partition coefficient (Wildman–Crippen LogP) is 0.156. The molecule has 0 saturated carbocycles. The number of ether oxygens (including phenoxy) is 1. The van der Waals surface area contributed by atoms with Crippen LogP contribution in [0.25, 0.3) is 0 Å². The van der Waals surface area contributed by atoms with Gasteiger partial charge in [-0.3, -0.25) is 4.79 Å². The van der Waals surface area contributed by atoms with Crippen molar-refractivity contribution in [2.75, 3.05) is 13.7 Å². The Morgan fingerprint density at radius 1 is 1.50 bits per heavy atom. The molecule has 0 aliphatic rings. The second-order valence-electron chi connectivity index (χ2n) is 4.06. The molecule has 0 spiro atoms. The fourth-order valence-corrected chi connectivity index (χ4v) is 1.11. The highest BCUT2D eigenvalue weighted by molar-refractivity contribution is 6.01. The minimum Gasteiger partial charge on any atom is -0.409 e. The number of hydrogen-bond donors (Lipinski definition) is 3.